The minimum Gasteiger partial charge on any atom is -0.325 e. The lowest BCUT2D eigenvalue weighted by atomic mass is 10.2. The topological polar surface area (TPSA) is 72.7 Å². The molecule has 0 saturated heterocycles. The molecule has 1 amide bonds. The van der Waals surface area contributed by atoms with E-state index in [0.29, 0.717) is 21.7 Å². The summed E-state index contributed by atoms with van der Waals surface area (Å²) in [5.41, 5.74) is 3.06. The highest BCUT2D eigenvalue weighted by molar-refractivity contribution is 7.99. The van der Waals surface area contributed by atoms with Crippen molar-refractivity contribution in [3.8, 4) is 17.1 Å². The van der Waals surface area contributed by atoms with Gasteiger partial charge in [-0.2, -0.15) is 0 Å². The van der Waals surface area contributed by atoms with Gasteiger partial charge in [0, 0.05) is 28.7 Å². The second-order valence-corrected chi connectivity index (χ2v) is 7.95. The maximum absolute atomic E-state index is 13.1. The Labute approximate surface area is 187 Å². The van der Waals surface area contributed by atoms with Crippen LogP contribution in [0.3, 0.4) is 0 Å². The summed E-state index contributed by atoms with van der Waals surface area (Å²) in [5, 5.41) is 12.6. The number of amides is 1. The van der Waals surface area contributed by atoms with Crippen LogP contribution in [-0.4, -0.2) is 31.4 Å². The van der Waals surface area contributed by atoms with Crippen LogP contribution in [-0.2, 0) is 4.79 Å². The van der Waals surface area contributed by atoms with Crippen LogP contribution in [0.1, 0.15) is 5.56 Å². The summed E-state index contributed by atoms with van der Waals surface area (Å²) in [6, 6.07) is 14.9. The standard InChI is InChI=1S/C22H17ClFN5OS/c1-14-18(23)3-2-4-19(14)29-21(15-9-11-25-12-10-15)27-28-22(29)31-13-20(30)26-17-7-5-16(24)6-8-17/h2-12H,13H2,1H3,(H,26,30). The first-order chi connectivity index (χ1) is 15.0. The van der Waals surface area contributed by atoms with Crippen molar-refractivity contribution in [1.29, 1.82) is 0 Å². The molecular formula is C22H17ClFN5OS. The summed E-state index contributed by atoms with van der Waals surface area (Å²) in [6.07, 6.45) is 3.37. The fourth-order valence-electron chi connectivity index (χ4n) is 2.97. The molecule has 9 heteroatoms. The van der Waals surface area contributed by atoms with Crippen molar-refractivity contribution in [3.63, 3.8) is 0 Å². The van der Waals surface area contributed by atoms with E-state index in [1.165, 1.54) is 36.0 Å². The number of nitrogens with one attached hydrogen (secondary N) is 1. The summed E-state index contributed by atoms with van der Waals surface area (Å²) in [4.78, 5) is 16.5. The number of pyridine rings is 1. The molecule has 0 aliphatic heterocycles. The molecule has 0 saturated carbocycles. The van der Waals surface area contributed by atoms with E-state index in [1.54, 1.807) is 12.4 Å². The summed E-state index contributed by atoms with van der Waals surface area (Å²) in [5.74, 6) is 0.125. The number of nitrogens with zero attached hydrogens (tertiary/aromatic N) is 4. The third-order valence-corrected chi connectivity index (χ3v) is 5.85. The molecule has 2 heterocycles. The van der Waals surface area contributed by atoms with Crippen LogP contribution < -0.4 is 5.32 Å². The zero-order valence-electron chi connectivity index (χ0n) is 16.4. The largest absolute Gasteiger partial charge is 0.325 e. The van der Waals surface area contributed by atoms with E-state index >= 15 is 0 Å². The highest BCUT2D eigenvalue weighted by Crippen LogP contribution is 2.31. The molecule has 4 rings (SSSR count). The van der Waals surface area contributed by atoms with Crippen LogP contribution in [0.4, 0.5) is 10.1 Å². The first-order valence-corrected chi connectivity index (χ1v) is 10.7. The first kappa shape index (κ1) is 21.0. The average molecular weight is 454 g/mol. The van der Waals surface area contributed by atoms with Gasteiger partial charge < -0.3 is 5.32 Å². The third kappa shape index (κ3) is 4.76. The van der Waals surface area contributed by atoms with Crippen LogP contribution in [0.2, 0.25) is 5.02 Å². The van der Waals surface area contributed by atoms with Crippen LogP contribution >= 0.6 is 23.4 Å². The summed E-state index contributed by atoms with van der Waals surface area (Å²) in [7, 11) is 0. The molecule has 2 aromatic heterocycles. The van der Waals surface area contributed by atoms with Gasteiger partial charge in [0.15, 0.2) is 11.0 Å². The lowest BCUT2D eigenvalue weighted by Gasteiger charge is -2.14. The predicted octanol–water partition coefficient (Wildman–Crippen LogP) is 5.16. The number of carbonyl (C=O) groups is 1. The Bertz CT molecular complexity index is 1210. The molecule has 0 aliphatic carbocycles. The van der Waals surface area contributed by atoms with Gasteiger partial charge in [0.1, 0.15) is 5.82 Å². The number of hydrogen-bond acceptors (Lipinski definition) is 5. The highest BCUT2D eigenvalue weighted by atomic mass is 35.5. The normalized spacial score (nSPS) is 10.8. The van der Waals surface area contributed by atoms with Crippen molar-refractivity contribution in [2.24, 2.45) is 0 Å². The van der Waals surface area contributed by atoms with Crippen molar-refractivity contribution in [2.45, 2.75) is 12.1 Å². The molecule has 0 radical (unpaired) electrons. The van der Waals surface area contributed by atoms with Crippen molar-refractivity contribution in [2.75, 3.05) is 11.1 Å². The Kier molecular flexibility index (Phi) is 6.29. The predicted molar refractivity (Wildman–Crippen MR) is 120 cm³/mol. The van der Waals surface area contributed by atoms with E-state index in [4.69, 9.17) is 11.6 Å². The van der Waals surface area contributed by atoms with Crippen molar-refractivity contribution in [1.82, 2.24) is 19.7 Å². The van der Waals surface area contributed by atoms with Gasteiger partial charge in [0.25, 0.3) is 0 Å². The summed E-state index contributed by atoms with van der Waals surface area (Å²) < 4.78 is 14.9. The highest BCUT2D eigenvalue weighted by Gasteiger charge is 2.19. The van der Waals surface area contributed by atoms with Gasteiger partial charge in [-0.25, -0.2) is 4.39 Å². The Balaban J connectivity index is 1.63. The Morgan fingerprint density at radius 2 is 1.84 bits per heavy atom. The molecule has 0 fully saturated rings. The monoisotopic (exact) mass is 453 g/mol. The number of aromatic nitrogens is 4. The summed E-state index contributed by atoms with van der Waals surface area (Å²) >= 11 is 7.60. The van der Waals surface area contributed by atoms with Gasteiger partial charge >= 0.3 is 0 Å². The Morgan fingerprint density at radius 1 is 1.10 bits per heavy atom. The van der Waals surface area contributed by atoms with Gasteiger partial charge in [-0.15, -0.1) is 10.2 Å². The van der Waals surface area contributed by atoms with Crippen LogP contribution in [0.25, 0.3) is 17.1 Å². The van der Waals surface area contributed by atoms with Crippen LogP contribution in [0.5, 0.6) is 0 Å². The molecule has 4 aromatic rings. The second-order valence-electron chi connectivity index (χ2n) is 6.61. The smallest absolute Gasteiger partial charge is 0.234 e. The molecule has 6 nitrogen and oxygen atoms in total. The van der Waals surface area contributed by atoms with Crippen molar-refractivity contribution in [3.05, 3.63) is 83.4 Å². The van der Waals surface area contributed by atoms with Gasteiger partial charge in [-0.1, -0.05) is 29.4 Å². The maximum Gasteiger partial charge on any atom is 0.234 e. The Hall–Kier alpha value is -3.23. The third-order valence-electron chi connectivity index (χ3n) is 4.51. The number of anilines is 1. The van der Waals surface area contributed by atoms with E-state index in [1.807, 2.05) is 41.8 Å². The quantitative estimate of drug-likeness (QED) is 0.408. The lowest BCUT2D eigenvalue weighted by Crippen LogP contribution is -2.14. The number of hydrogen-bond donors (Lipinski definition) is 1. The van der Waals surface area contributed by atoms with Gasteiger partial charge in [-0.3, -0.25) is 14.3 Å². The minimum absolute atomic E-state index is 0.103. The molecule has 0 aliphatic rings. The first-order valence-electron chi connectivity index (χ1n) is 9.32. The average Bonchev–Trinajstić information content (AvgIpc) is 3.20. The number of halogens is 2. The number of rotatable bonds is 6. The molecule has 0 spiro atoms. The van der Waals surface area contributed by atoms with E-state index in [0.717, 1.165) is 16.8 Å². The van der Waals surface area contributed by atoms with E-state index < -0.39 is 0 Å². The summed E-state index contributed by atoms with van der Waals surface area (Å²) in [6.45, 7) is 1.92. The van der Waals surface area contributed by atoms with Gasteiger partial charge in [0.2, 0.25) is 5.91 Å². The van der Waals surface area contributed by atoms with Crippen molar-refractivity contribution < 1.29 is 9.18 Å². The van der Waals surface area contributed by atoms with Crippen LogP contribution in [0.15, 0.2) is 72.1 Å². The van der Waals surface area contributed by atoms with Gasteiger partial charge in [-0.05, 0) is 61.0 Å². The van der Waals surface area contributed by atoms with E-state index in [9.17, 15) is 9.18 Å². The zero-order valence-corrected chi connectivity index (χ0v) is 18.0. The van der Waals surface area contributed by atoms with Crippen LogP contribution in [0, 0.1) is 12.7 Å². The number of thioether (sulfide) groups is 1. The SMILES string of the molecule is Cc1c(Cl)cccc1-n1c(SCC(=O)Nc2ccc(F)cc2)nnc1-c1ccncc1. The van der Waals surface area contributed by atoms with E-state index in [2.05, 4.69) is 20.5 Å². The Morgan fingerprint density at radius 3 is 2.58 bits per heavy atom. The molecule has 31 heavy (non-hydrogen) atoms. The molecule has 156 valence electrons. The van der Waals surface area contributed by atoms with Gasteiger partial charge in [0.05, 0.1) is 11.4 Å². The number of benzene rings is 2. The molecular weight excluding hydrogens is 437 g/mol. The molecule has 0 unspecified atom stereocenters. The zero-order chi connectivity index (χ0) is 21.8. The molecule has 0 bridgehead atoms. The fraction of sp³-hybridized carbons (Fsp3) is 0.0909. The minimum atomic E-state index is -0.360. The molecule has 1 N–H and O–H groups in total. The molecule has 2 aromatic carbocycles. The lowest BCUT2D eigenvalue weighted by molar-refractivity contribution is -0.113. The molecule has 0 atom stereocenters. The van der Waals surface area contributed by atoms with Crippen molar-refractivity contribution >= 4 is 35.0 Å². The fourth-order valence-corrected chi connectivity index (χ4v) is 3.88. The number of carbonyl (C=O) groups excluding carboxylic acids is 1. The van der Waals surface area contributed by atoms with E-state index in [-0.39, 0.29) is 17.5 Å². The second kappa shape index (κ2) is 9.28. The maximum atomic E-state index is 13.1.